The molecule has 0 atom stereocenters. The van der Waals surface area contributed by atoms with Crippen molar-refractivity contribution < 1.29 is 14.4 Å². The van der Waals surface area contributed by atoms with Gasteiger partial charge in [-0.05, 0) is 206 Å². The molecule has 0 saturated carbocycles. The maximum Gasteiger partial charge on any atom is 0.263 e. The lowest BCUT2D eigenvalue weighted by Gasteiger charge is -2.30. The number of anilines is 5. The molecule has 14 nitrogen and oxygen atoms in total. The summed E-state index contributed by atoms with van der Waals surface area (Å²) in [6, 6.07) is 31.0. The van der Waals surface area contributed by atoms with Crippen molar-refractivity contribution in [1.82, 2.24) is 30.9 Å². The number of nitrogens with two attached hydrogens (primary N) is 2. The van der Waals surface area contributed by atoms with Crippen LogP contribution in [0.3, 0.4) is 0 Å². The fraction of sp³-hybridized carbons (Fsp3) is 0.391. The van der Waals surface area contributed by atoms with Gasteiger partial charge in [0.15, 0.2) is 0 Å². The van der Waals surface area contributed by atoms with Crippen LogP contribution in [-0.4, -0.2) is 91.6 Å². The van der Waals surface area contributed by atoms with Gasteiger partial charge in [0, 0.05) is 109 Å². The van der Waals surface area contributed by atoms with Crippen molar-refractivity contribution in [3.05, 3.63) is 161 Å². The molecule has 0 aliphatic carbocycles. The number of pyridine rings is 3. The van der Waals surface area contributed by atoms with E-state index in [4.69, 9.17) is 34.7 Å². The molecular weight excluding hydrogens is 1200 g/mol. The van der Waals surface area contributed by atoms with Crippen molar-refractivity contribution in [3.63, 3.8) is 0 Å². The highest BCUT2D eigenvalue weighted by molar-refractivity contribution is 7.21. The van der Waals surface area contributed by atoms with Gasteiger partial charge < -0.3 is 42.1 Å². The van der Waals surface area contributed by atoms with Gasteiger partial charge in [-0.3, -0.25) is 14.4 Å². The Morgan fingerprint density at radius 2 is 0.898 bits per heavy atom. The number of carbonyl (C=O) groups is 3. The van der Waals surface area contributed by atoms with Gasteiger partial charge in [-0.15, -0.1) is 34.0 Å². The Hall–Kier alpha value is -7.02. The van der Waals surface area contributed by atoms with E-state index in [-0.39, 0.29) is 17.7 Å². The Bertz CT molecular complexity index is 3940. The van der Waals surface area contributed by atoms with Crippen molar-refractivity contribution in [2.45, 2.75) is 118 Å². The Balaban J connectivity index is 0.000000146. The van der Waals surface area contributed by atoms with E-state index in [2.05, 4.69) is 95.0 Å². The van der Waals surface area contributed by atoms with E-state index in [0.29, 0.717) is 47.2 Å². The summed E-state index contributed by atoms with van der Waals surface area (Å²) in [4.78, 5) is 63.1. The van der Waals surface area contributed by atoms with Crippen molar-refractivity contribution in [1.29, 1.82) is 0 Å². The number of nitrogens with zero attached hydrogens (tertiary/aromatic N) is 6. The number of carbonyl (C=O) groups excluding carboxylic acids is 3. The molecule has 9 aromatic rings. The van der Waals surface area contributed by atoms with E-state index >= 15 is 0 Å². The maximum absolute atomic E-state index is 12.7. The number of aromatic nitrogens is 3. The number of rotatable bonds is 16. The van der Waals surface area contributed by atoms with Gasteiger partial charge in [0.25, 0.3) is 17.7 Å². The molecule has 0 radical (unpaired) electrons. The summed E-state index contributed by atoms with van der Waals surface area (Å²) in [5.41, 5.74) is 25.7. The van der Waals surface area contributed by atoms with Crippen LogP contribution in [0, 0.1) is 27.7 Å². The van der Waals surface area contributed by atoms with Crippen LogP contribution >= 0.6 is 57.2 Å². The van der Waals surface area contributed by atoms with Crippen LogP contribution in [0.25, 0.3) is 30.6 Å². The molecule has 3 aliphatic heterocycles. The first kappa shape index (κ1) is 64.0. The summed E-state index contributed by atoms with van der Waals surface area (Å²) < 4.78 is 0. The lowest BCUT2D eigenvalue weighted by molar-refractivity contribution is 0.0949. The molecule has 88 heavy (non-hydrogen) atoms. The summed E-state index contributed by atoms with van der Waals surface area (Å²) in [7, 11) is 0. The molecule has 3 saturated heterocycles. The molecule has 7 N–H and O–H groups in total. The third-order valence-electron chi connectivity index (χ3n) is 16.8. The highest BCUT2D eigenvalue weighted by Gasteiger charge is 2.22. The number of hydrogen-bond donors (Lipinski definition) is 5. The predicted octanol–water partition coefficient (Wildman–Crippen LogP) is 15.0. The van der Waals surface area contributed by atoms with Gasteiger partial charge in [-0.25, -0.2) is 15.0 Å². The van der Waals surface area contributed by atoms with Crippen LogP contribution in [-0.2, 0) is 25.7 Å². The number of aryl methyl sites for hydroxylation is 5. The zero-order valence-electron chi connectivity index (χ0n) is 51.3. The minimum absolute atomic E-state index is 0.0285. The molecule has 3 amide bonds. The molecular formula is C69H81Cl2N11O3S3. The van der Waals surface area contributed by atoms with E-state index in [1.807, 2.05) is 76.2 Å². The normalized spacial score (nSPS) is 14.3. The third kappa shape index (κ3) is 15.7. The number of hydrogen-bond acceptors (Lipinski definition) is 14. The summed E-state index contributed by atoms with van der Waals surface area (Å²) >= 11 is 17.2. The Kier molecular flexibility index (Phi) is 21.8. The molecule has 19 heteroatoms. The van der Waals surface area contributed by atoms with Gasteiger partial charge in [-0.2, -0.15) is 0 Å². The number of nitrogens with one attached hydrogen (secondary N) is 3. The summed E-state index contributed by atoms with van der Waals surface area (Å²) in [6.45, 7) is 18.4. The van der Waals surface area contributed by atoms with Gasteiger partial charge >= 0.3 is 0 Å². The van der Waals surface area contributed by atoms with Gasteiger partial charge in [0.2, 0.25) is 0 Å². The van der Waals surface area contributed by atoms with E-state index in [1.165, 1.54) is 114 Å². The first-order chi connectivity index (χ1) is 42.6. The second-order valence-corrected chi connectivity index (χ2v) is 27.0. The molecule has 0 unspecified atom stereocenters. The van der Waals surface area contributed by atoms with Gasteiger partial charge in [-0.1, -0.05) is 54.4 Å². The number of fused-ring (bicyclic) bond motifs is 3. The fourth-order valence-corrected chi connectivity index (χ4v) is 15.7. The smallest absolute Gasteiger partial charge is 0.263 e. The standard InChI is InChI=1S/C24H30N4OS.C23H26ClN3OS.C22H25ClN4OS/c1-3-18-15-17(8-10-20(18)28-13-5-4-6-14-28)11-12-26-23(29)22-21(25)19-9-7-16(2)27-24(19)30-22;1-15-6-8-18-16(2)21(29-23(18)26-15)22(28)25-11-10-17-7-9-20(19(24)14-17)27-12-4-3-5-13-27;1-14-5-8-17-19(24)20(29-22(17)26-14)21(28)25-10-9-15-6-7-16(13-18(15)23)27-11-3-2-4-12-27/h7-10,15H,3-6,11-14,25H2,1-2H3,(H,26,29);6-9,14H,3-5,10-13H2,1-2H3,(H,25,28);5-8,13H,2-4,9-12,24H2,1H3,(H,25,28). The Labute approximate surface area is 539 Å². The Morgan fingerprint density at radius 3 is 1.40 bits per heavy atom. The molecule has 9 heterocycles. The van der Waals surface area contributed by atoms with Crippen molar-refractivity contribution in [2.75, 3.05) is 85.1 Å². The number of thiophene rings is 3. The molecule has 462 valence electrons. The molecule has 6 aromatic heterocycles. The first-order valence-corrected chi connectivity index (χ1v) is 34.3. The monoisotopic (exact) mass is 1280 g/mol. The third-order valence-corrected chi connectivity index (χ3v) is 20.9. The van der Waals surface area contributed by atoms with E-state index < -0.39 is 0 Å². The van der Waals surface area contributed by atoms with Crippen LogP contribution in [0.5, 0.6) is 0 Å². The topological polar surface area (TPSA) is 188 Å². The highest BCUT2D eigenvalue weighted by atomic mass is 35.5. The first-order valence-electron chi connectivity index (χ1n) is 31.1. The van der Waals surface area contributed by atoms with E-state index in [1.54, 1.807) is 0 Å². The molecule has 3 aromatic carbocycles. The highest BCUT2D eigenvalue weighted by Crippen LogP contribution is 2.36. The van der Waals surface area contributed by atoms with Crippen LogP contribution in [0.1, 0.15) is 139 Å². The largest absolute Gasteiger partial charge is 0.397 e. The van der Waals surface area contributed by atoms with Crippen LogP contribution in [0.2, 0.25) is 10.0 Å². The second-order valence-electron chi connectivity index (χ2n) is 23.2. The van der Waals surface area contributed by atoms with Gasteiger partial charge in [0.05, 0.1) is 27.0 Å². The van der Waals surface area contributed by atoms with Gasteiger partial charge in [0.1, 0.15) is 24.2 Å². The van der Waals surface area contributed by atoms with E-state index in [0.717, 1.165) is 144 Å². The summed E-state index contributed by atoms with van der Waals surface area (Å²) in [5, 5.41) is 13.4. The average molecular weight is 1280 g/mol. The molecule has 3 aliphatic rings. The average Bonchev–Trinajstić information content (AvgIpc) is 2.16. The Morgan fingerprint density at radius 1 is 0.466 bits per heavy atom. The molecule has 0 spiro atoms. The fourth-order valence-electron chi connectivity index (χ4n) is 11.8. The summed E-state index contributed by atoms with van der Waals surface area (Å²) in [5.74, 6) is -0.308. The number of nitrogen functional groups attached to an aromatic ring is 2. The minimum Gasteiger partial charge on any atom is -0.397 e. The summed E-state index contributed by atoms with van der Waals surface area (Å²) in [6.07, 6.45) is 14.7. The number of amides is 3. The van der Waals surface area contributed by atoms with Crippen molar-refractivity contribution in [2.24, 2.45) is 0 Å². The minimum atomic E-state index is -0.163. The lowest BCUT2D eigenvalue weighted by atomic mass is 10.0. The second kappa shape index (κ2) is 30.0. The quantitative estimate of drug-likeness (QED) is 0.0619. The van der Waals surface area contributed by atoms with E-state index in [9.17, 15) is 14.4 Å². The number of piperidine rings is 3. The number of halogens is 2. The predicted molar refractivity (Wildman–Crippen MR) is 372 cm³/mol. The maximum atomic E-state index is 12.7. The zero-order valence-corrected chi connectivity index (χ0v) is 55.2. The molecule has 12 rings (SSSR count). The lowest BCUT2D eigenvalue weighted by Crippen LogP contribution is -2.30. The van der Waals surface area contributed by atoms with Crippen LogP contribution in [0.4, 0.5) is 28.4 Å². The van der Waals surface area contributed by atoms with Crippen LogP contribution in [0.15, 0.2) is 91.0 Å². The number of benzene rings is 3. The van der Waals surface area contributed by atoms with Crippen LogP contribution < -0.4 is 42.1 Å². The van der Waals surface area contributed by atoms with Crippen molar-refractivity contribution in [3.8, 4) is 0 Å². The molecule has 3 fully saturated rings. The zero-order chi connectivity index (χ0) is 61.8. The SMILES string of the molecule is CCc1cc(CCNC(=O)c2sc3nc(C)ccc3c2N)ccc1N1CCCCC1.Cc1ccc2c(C)c(C(=O)NCCc3ccc(N4CCCCC4)c(Cl)c3)sc2n1.Cc1ccc2c(N)c(C(=O)NCCc3ccc(N4CCCCC4)cc3Cl)sc2n1. The molecule has 0 bridgehead atoms. The van der Waals surface area contributed by atoms with Crippen molar-refractivity contribution >= 4 is 134 Å².